The third-order valence-corrected chi connectivity index (χ3v) is 3.57. The molecule has 0 saturated carbocycles. The lowest BCUT2D eigenvalue weighted by molar-refractivity contribution is -0.108. The standard InChI is InChI=1S/C8H18O4Si/c1-10-13(11-2)8-4-7-12-6-3-5-9/h5,13H,3-4,6-8H2,1-2H3. The SMILES string of the molecule is CO[SiH](CCCOCCC=O)OC. The van der Waals surface area contributed by atoms with Gasteiger partial charge < -0.3 is 18.4 Å². The number of hydrogen-bond acceptors (Lipinski definition) is 4. The molecule has 0 aliphatic carbocycles. The highest BCUT2D eigenvalue weighted by Crippen LogP contribution is 1.99. The molecule has 5 heteroatoms. The van der Waals surface area contributed by atoms with Crippen LogP contribution in [0, 0.1) is 0 Å². The van der Waals surface area contributed by atoms with Crippen LogP contribution in [-0.2, 0) is 18.4 Å². The topological polar surface area (TPSA) is 44.8 Å². The summed E-state index contributed by atoms with van der Waals surface area (Å²) in [5.74, 6) is 0. The number of hydrogen-bond donors (Lipinski definition) is 0. The first kappa shape index (κ1) is 12.8. The Balaban J connectivity index is 3.09. The Morgan fingerprint density at radius 3 is 2.46 bits per heavy atom. The summed E-state index contributed by atoms with van der Waals surface area (Å²) in [5, 5.41) is 0. The van der Waals surface area contributed by atoms with Gasteiger partial charge in [0.1, 0.15) is 6.29 Å². The normalized spacial score (nSPS) is 10.7. The van der Waals surface area contributed by atoms with Gasteiger partial charge in [-0.25, -0.2) is 0 Å². The second-order valence-electron chi connectivity index (χ2n) is 2.61. The number of rotatable bonds is 9. The first-order valence-corrected chi connectivity index (χ1v) is 6.18. The Morgan fingerprint density at radius 2 is 1.92 bits per heavy atom. The molecular formula is C8H18O4Si. The van der Waals surface area contributed by atoms with Gasteiger partial charge >= 0.3 is 9.28 Å². The third-order valence-electron chi connectivity index (χ3n) is 1.63. The van der Waals surface area contributed by atoms with Crippen molar-refractivity contribution in [1.82, 2.24) is 0 Å². The zero-order valence-electron chi connectivity index (χ0n) is 8.32. The van der Waals surface area contributed by atoms with E-state index < -0.39 is 9.28 Å². The van der Waals surface area contributed by atoms with Crippen molar-refractivity contribution in [3.63, 3.8) is 0 Å². The zero-order valence-corrected chi connectivity index (χ0v) is 9.48. The Kier molecular flexibility index (Phi) is 9.68. The van der Waals surface area contributed by atoms with E-state index in [1.54, 1.807) is 14.2 Å². The van der Waals surface area contributed by atoms with Gasteiger partial charge in [0.25, 0.3) is 0 Å². The lowest BCUT2D eigenvalue weighted by Gasteiger charge is -2.10. The van der Waals surface area contributed by atoms with Crippen molar-refractivity contribution in [2.75, 3.05) is 27.4 Å². The average Bonchev–Trinajstić information content (AvgIpc) is 2.17. The molecule has 0 aromatic rings. The number of ether oxygens (including phenoxy) is 1. The second-order valence-corrected chi connectivity index (χ2v) is 4.99. The van der Waals surface area contributed by atoms with Gasteiger partial charge in [0.2, 0.25) is 0 Å². The fourth-order valence-corrected chi connectivity index (χ4v) is 2.08. The zero-order chi connectivity index (χ0) is 9.94. The highest BCUT2D eigenvalue weighted by atomic mass is 28.3. The van der Waals surface area contributed by atoms with Crippen LogP contribution in [0.3, 0.4) is 0 Å². The van der Waals surface area contributed by atoms with Crippen LogP contribution in [-0.4, -0.2) is 43.0 Å². The molecule has 0 bridgehead atoms. The van der Waals surface area contributed by atoms with E-state index in [1.807, 2.05) is 0 Å². The smallest absolute Gasteiger partial charge is 0.320 e. The molecule has 0 saturated heterocycles. The fourth-order valence-electron chi connectivity index (χ4n) is 0.917. The Hall–Kier alpha value is -0.233. The summed E-state index contributed by atoms with van der Waals surface area (Å²) in [7, 11) is 1.95. The van der Waals surface area contributed by atoms with Crippen molar-refractivity contribution >= 4 is 15.6 Å². The van der Waals surface area contributed by atoms with E-state index in [-0.39, 0.29) is 0 Å². The molecule has 0 spiro atoms. The molecule has 0 heterocycles. The second kappa shape index (κ2) is 9.85. The van der Waals surface area contributed by atoms with Crippen molar-refractivity contribution in [2.24, 2.45) is 0 Å². The van der Waals surface area contributed by atoms with Crippen molar-refractivity contribution < 1.29 is 18.4 Å². The minimum Gasteiger partial charge on any atom is -0.400 e. The van der Waals surface area contributed by atoms with Crippen molar-refractivity contribution in [3.05, 3.63) is 0 Å². The van der Waals surface area contributed by atoms with Crippen molar-refractivity contribution in [2.45, 2.75) is 18.9 Å². The first-order chi connectivity index (χ1) is 6.35. The molecule has 0 atom stereocenters. The number of carbonyl (C=O) groups excluding carboxylic acids is 1. The molecule has 0 rings (SSSR count). The van der Waals surface area contributed by atoms with Crippen LogP contribution < -0.4 is 0 Å². The quantitative estimate of drug-likeness (QED) is 0.313. The summed E-state index contributed by atoms with van der Waals surface area (Å²) in [6.45, 7) is 1.21. The van der Waals surface area contributed by atoms with Gasteiger partial charge in [0, 0.05) is 27.2 Å². The lowest BCUT2D eigenvalue weighted by atomic mass is 10.5. The predicted octanol–water partition coefficient (Wildman–Crippen LogP) is 0.495. The van der Waals surface area contributed by atoms with E-state index in [1.165, 1.54) is 0 Å². The molecule has 0 unspecified atom stereocenters. The van der Waals surface area contributed by atoms with Crippen LogP contribution in [0.1, 0.15) is 12.8 Å². The molecule has 0 N–H and O–H groups in total. The molecule has 0 amide bonds. The first-order valence-electron chi connectivity index (χ1n) is 4.42. The molecule has 0 aliphatic rings. The number of aldehydes is 1. The summed E-state index contributed by atoms with van der Waals surface area (Å²) in [6, 6.07) is 0.952. The fraction of sp³-hybridized carbons (Fsp3) is 0.875. The van der Waals surface area contributed by atoms with Crippen molar-refractivity contribution in [3.8, 4) is 0 Å². The molecule has 0 fully saturated rings. The van der Waals surface area contributed by atoms with Gasteiger partial charge in [-0.15, -0.1) is 0 Å². The Morgan fingerprint density at radius 1 is 1.23 bits per heavy atom. The summed E-state index contributed by atoms with van der Waals surface area (Å²) >= 11 is 0. The molecule has 0 aliphatic heterocycles. The molecule has 0 aromatic carbocycles. The molecule has 0 radical (unpaired) electrons. The van der Waals surface area contributed by atoms with Crippen LogP contribution in [0.4, 0.5) is 0 Å². The summed E-state index contributed by atoms with van der Waals surface area (Å²) in [5.41, 5.74) is 0. The largest absolute Gasteiger partial charge is 0.400 e. The van der Waals surface area contributed by atoms with E-state index in [4.69, 9.17) is 13.6 Å². The molecule has 78 valence electrons. The highest BCUT2D eigenvalue weighted by molar-refractivity contribution is 6.44. The Labute approximate surface area is 81.0 Å². The minimum atomic E-state index is -1.40. The third kappa shape index (κ3) is 8.11. The van der Waals surface area contributed by atoms with E-state index in [0.717, 1.165) is 18.8 Å². The van der Waals surface area contributed by atoms with E-state index in [0.29, 0.717) is 19.6 Å². The lowest BCUT2D eigenvalue weighted by Crippen LogP contribution is -2.19. The van der Waals surface area contributed by atoms with E-state index in [2.05, 4.69) is 0 Å². The van der Waals surface area contributed by atoms with Gasteiger partial charge in [0.05, 0.1) is 6.61 Å². The highest BCUT2D eigenvalue weighted by Gasteiger charge is 2.07. The maximum atomic E-state index is 9.93. The number of carbonyl (C=O) groups is 1. The van der Waals surface area contributed by atoms with Gasteiger partial charge in [-0.3, -0.25) is 0 Å². The van der Waals surface area contributed by atoms with Crippen molar-refractivity contribution in [1.29, 1.82) is 0 Å². The summed E-state index contributed by atoms with van der Waals surface area (Å²) in [6.07, 6.45) is 2.29. The van der Waals surface area contributed by atoms with Crippen LogP contribution in [0.5, 0.6) is 0 Å². The van der Waals surface area contributed by atoms with Gasteiger partial charge in [0.15, 0.2) is 0 Å². The monoisotopic (exact) mass is 206 g/mol. The summed E-state index contributed by atoms with van der Waals surface area (Å²) < 4.78 is 15.5. The van der Waals surface area contributed by atoms with Crippen LogP contribution in [0.15, 0.2) is 0 Å². The molecule has 0 aromatic heterocycles. The minimum absolute atomic E-state index is 0.482. The maximum absolute atomic E-state index is 9.93. The van der Waals surface area contributed by atoms with Gasteiger partial charge in [-0.1, -0.05) is 0 Å². The summed E-state index contributed by atoms with van der Waals surface area (Å²) in [4.78, 5) is 9.93. The maximum Gasteiger partial charge on any atom is 0.320 e. The van der Waals surface area contributed by atoms with E-state index >= 15 is 0 Å². The predicted molar refractivity (Wildman–Crippen MR) is 52.1 cm³/mol. The van der Waals surface area contributed by atoms with E-state index in [9.17, 15) is 4.79 Å². The molecule has 4 nitrogen and oxygen atoms in total. The molecular weight excluding hydrogens is 188 g/mol. The van der Waals surface area contributed by atoms with Crippen LogP contribution >= 0.6 is 0 Å². The Bertz CT molecular complexity index is 117. The van der Waals surface area contributed by atoms with Gasteiger partial charge in [-0.05, 0) is 12.5 Å². The average molecular weight is 206 g/mol. The van der Waals surface area contributed by atoms with Gasteiger partial charge in [-0.2, -0.15) is 0 Å². The van der Waals surface area contributed by atoms with Crippen LogP contribution in [0.25, 0.3) is 0 Å². The van der Waals surface area contributed by atoms with Crippen LogP contribution in [0.2, 0.25) is 6.04 Å². The molecule has 13 heavy (non-hydrogen) atoms.